The maximum atomic E-state index is 11.3. The van der Waals surface area contributed by atoms with Crippen LogP contribution in [0.25, 0.3) is 0 Å². The largest absolute Gasteiger partial charge is 0.373 e. The van der Waals surface area contributed by atoms with E-state index in [1.54, 1.807) is 0 Å². The maximum absolute atomic E-state index is 11.3. The standard InChI is InChI=1S/C12H17ClN4O/c1-15-11-5-4-8(13)9(16-11)7-17-6-2-3-10(17)12(14)18/h4-5,10H,2-3,6-7H2,1H3,(H2,14,18)(H,15,16). The fraction of sp³-hybridized carbons (Fsp3) is 0.500. The second-order valence-corrected chi connectivity index (χ2v) is 4.81. The van der Waals surface area contributed by atoms with Gasteiger partial charge in [0.15, 0.2) is 0 Å². The average molecular weight is 269 g/mol. The third-order valence-corrected chi connectivity index (χ3v) is 3.56. The zero-order valence-corrected chi connectivity index (χ0v) is 11.1. The molecule has 1 aliphatic heterocycles. The van der Waals surface area contributed by atoms with Crippen LogP contribution in [-0.4, -0.2) is 35.4 Å². The average Bonchev–Trinajstić information content (AvgIpc) is 2.80. The summed E-state index contributed by atoms with van der Waals surface area (Å²) in [6.45, 7) is 1.41. The van der Waals surface area contributed by atoms with Gasteiger partial charge in [-0.25, -0.2) is 4.98 Å². The SMILES string of the molecule is CNc1ccc(Cl)c(CN2CCCC2C(N)=O)n1. The van der Waals surface area contributed by atoms with E-state index in [1.807, 2.05) is 24.1 Å². The smallest absolute Gasteiger partial charge is 0.234 e. The van der Waals surface area contributed by atoms with Gasteiger partial charge in [-0.15, -0.1) is 0 Å². The van der Waals surface area contributed by atoms with E-state index in [2.05, 4.69) is 10.3 Å². The van der Waals surface area contributed by atoms with Crippen molar-refractivity contribution in [2.24, 2.45) is 5.73 Å². The number of hydrogen-bond donors (Lipinski definition) is 2. The highest BCUT2D eigenvalue weighted by Crippen LogP contribution is 2.23. The zero-order chi connectivity index (χ0) is 13.1. The number of amides is 1. The number of carbonyl (C=O) groups excluding carboxylic acids is 1. The lowest BCUT2D eigenvalue weighted by Crippen LogP contribution is -2.40. The number of rotatable bonds is 4. The Morgan fingerprint density at radius 3 is 3.11 bits per heavy atom. The molecule has 1 atom stereocenters. The minimum atomic E-state index is -0.270. The summed E-state index contributed by atoms with van der Waals surface area (Å²) in [5.74, 6) is 0.498. The second-order valence-electron chi connectivity index (χ2n) is 4.41. The van der Waals surface area contributed by atoms with E-state index >= 15 is 0 Å². The van der Waals surface area contributed by atoms with Crippen molar-refractivity contribution < 1.29 is 4.79 Å². The molecule has 0 bridgehead atoms. The monoisotopic (exact) mass is 268 g/mol. The van der Waals surface area contributed by atoms with Crippen LogP contribution in [0.2, 0.25) is 5.02 Å². The lowest BCUT2D eigenvalue weighted by molar-refractivity contribution is -0.122. The Bertz CT molecular complexity index is 452. The van der Waals surface area contributed by atoms with Gasteiger partial charge in [0.1, 0.15) is 5.82 Å². The summed E-state index contributed by atoms with van der Waals surface area (Å²) in [4.78, 5) is 17.8. The van der Waals surface area contributed by atoms with Gasteiger partial charge in [-0.2, -0.15) is 0 Å². The summed E-state index contributed by atoms with van der Waals surface area (Å²) in [6, 6.07) is 3.44. The van der Waals surface area contributed by atoms with Crippen molar-refractivity contribution in [3.05, 3.63) is 22.8 Å². The van der Waals surface area contributed by atoms with Crippen molar-refractivity contribution in [1.82, 2.24) is 9.88 Å². The molecule has 0 spiro atoms. The summed E-state index contributed by atoms with van der Waals surface area (Å²) in [5.41, 5.74) is 6.16. The van der Waals surface area contributed by atoms with Crippen molar-refractivity contribution in [3.8, 4) is 0 Å². The lowest BCUT2D eigenvalue weighted by atomic mass is 10.2. The molecule has 1 aliphatic rings. The molecule has 18 heavy (non-hydrogen) atoms. The van der Waals surface area contributed by atoms with Crippen LogP contribution in [-0.2, 0) is 11.3 Å². The van der Waals surface area contributed by atoms with Gasteiger partial charge in [0, 0.05) is 13.6 Å². The Morgan fingerprint density at radius 1 is 1.67 bits per heavy atom. The van der Waals surface area contributed by atoms with Crippen molar-refractivity contribution in [3.63, 3.8) is 0 Å². The molecule has 1 amide bonds. The normalized spacial score (nSPS) is 20.0. The van der Waals surface area contributed by atoms with Crippen LogP contribution in [0.1, 0.15) is 18.5 Å². The number of anilines is 1. The van der Waals surface area contributed by atoms with E-state index in [0.717, 1.165) is 30.9 Å². The van der Waals surface area contributed by atoms with Crippen LogP contribution in [0.15, 0.2) is 12.1 Å². The number of hydrogen-bond acceptors (Lipinski definition) is 4. The minimum Gasteiger partial charge on any atom is -0.373 e. The predicted octanol–water partition coefficient (Wildman–Crippen LogP) is 1.23. The van der Waals surface area contributed by atoms with Crippen LogP contribution in [0.3, 0.4) is 0 Å². The van der Waals surface area contributed by atoms with Crippen LogP contribution >= 0.6 is 11.6 Å². The van der Waals surface area contributed by atoms with Gasteiger partial charge >= 0.3 is 0 Å². The summed E-state index contributed by atoms with van der Waals surface area (Å²) < 4.78 is 0. The molecule has 0 aliphatic carbocycles. The first kappa shape index (κ1) is 13.1. The molecule has 6 heteroatoms. The Hall–Kier alpha value is -1.33. The highest BCUT2D eigenvalue weighted by molar-refractivity contribution is 6.31. The molecule has 3 N–H and O–H groups in total. The Balaban J connectivity index is 2.15. The summed E-state index contributed by atoms with van der Waals surface area (Å²) in [6.07, 6.45) is 1.80. The molecule has 2 rings (SSSR count). The number of pyridine rings is 1. The lowest BCUT2D eigenvalue weighted by Gasteiger charge is -2.21. The van der Waals surface area contributed by atoms with Crippen molar-refractivity contribution in [1.29, 1.82) is 0 Å². The number of nitrogens with two attached hydrogens (primary N) is 1. The minimum absolute atomic E-state index is 0.193. The van der Waals surface area contributed by atoms with Gasteiger partial charge in [0.2, 0.25) is 5.91 Å². The molecule has 1 fully saturated rings. The molecule has 1 unspecified atom stereocenters. The third-order valence-electron chi connectivity index (χ3n) is 3.22. The summed E-state index contributed by atoms with van der Waals surface area (Å²) in [7, 11) is 1.81. The zero-order valence-electron chi connectivity index (χ0n) is 10.3. The molecule has 1 aromatic heterocycles. The van der Waals surface area contributed by atoms with Gasteiger partial charge in [0.25, 0.3) is 0 Å². The highest BCUT2D eigenvalue weighted by Gasteiger charge is 2.29. The van der Waals surface area contributed by atoms with E-state index in [4.69, 9.17) is 17.3 Å². The van der Waals surface area contributed by atoms with Gasteiger partial charge in [-0.1, -0.05) is 11.6 Å². The quantitative estimate of drug-likeness (QED) is 0.862. The number of primary amides is 1. The molecular weight excluding hydrogens is 252 g/mol. The Morgan fingerprint density at radius 2 is 2.44 bits per heavy atom. The Labute approximate surface area is 111 Å². The number of halogens is 1. The fourth-order valence-electron chi connectivity index (χ4n) is 2.26. The van der Waals surface area contributed by atoms with E-state index in [-0.39, 0.29) is 11.9 Å². The molecular formula is C12H17ClN4O. The summed E-state index contributed by atoms with van der Waals surface area (Å²) in [5, 5.41) is 3.59. The Kier molecular flexibility index (Phi) is 4.04. The van der Waals surface area contributed by atoms with Gasteiger partial charge in [0.05, 0.1) is 16.8 Å². The first-order valence-electron chi connectivity index (χ1n) is 5.98. The van der Waals surface area contributed by atoms with Crippen LogP contribution in [0, 0.1) is 0 Å². The third kappa shape index (κ3) is 2.73. The van der Waals surface area contributed by atoms with E-state index < -0.39 is 0 Å². The molecule has 98 valence electrons. The first-order chi connectivity index (χ1) is 8.61. The topological polar surface area (TPSA) is 71.2 Å². The number of aromatic nitrogens is 1. The molecule has 1 aromatic rings. The van der Waals surface area contributed by atoms with Gasteiger partial charge < -0.3 is 11.1 Å². The van der Waals surface area contributed by atoms with Crippen molar-refractivity contribution in [2.45, 2.75) is 25.4 Å². The number of nitrogens with one attached hydrogen (secondary N) is 1. The molecule has 2 heterocycles. The molecule has 0 saturated carbocycles. The predicted molar refractivity (Wildman–Crippen MR) is 71.4 cm³/mol. The second kappa shape index (κ2) is 5.54. The highest BCUT2D eigenvalue weighted by atomic mass is 35.5. The number of carbonyl (C=O) groups is 1. The van der Waals surface area contributed by atoms with Crippen LogP contribution in [0.5, 0.6) is 0 Å². The molecule has 1 saturated heterocycles. The van der Waals surface area contributed by atoms with Crippen molar-refractivity contribution in [2.75, 3.05) is 18.9 Å². The van der Waals surface area contributed by atoms with Gasteiger partial charge in [-0.05, 0) is 31.5 Å². The number of nitrogens with zero attached hydrogens (tertiary/aromatic N) is 2. The van der Waals surface area contributed by atoms with Gasteiger partial charge in [-0.3, -0.25) is 9.69 Å². The van der Waals surface area contributed by atoms with Crippen LogP contribution < -0.4 is 11.1 Å². The van der Waals surface area contributed by atoms with Crippen LogP contribution in [0.4, 0.5) is 5.82 Å². The molecule has 5 nitrogen and oxygen atoms in total. The first-order valence-corrected chi connectivity index (χ1v) is 6.36. The molecule has 0 radical (unpaired) electrons. The number of likely N-dealkylation sites (tertiary alicyclic amines) is 1. The van der Waals surface area contributed by atoms with E-state index in [0.29, 0.717) is 11.6 Å². The van der Waals surface area contributed by atoms with Crippen molar-refractivity contribution >= 4 is 23.3 Å². The maximum Gasteiger partial charge on any atom is 0.234 e. The van der Waals surface area contributed by atoms with E-state index in [1.165, 1.54) is 0 Å². The fourth-order valence-corrected chi connectivity index (χ4v) is 2.43. The molecule has 0 aromatic carbocycles. The summed E-state index contributed by atoms with van der Waals surface area (Å²) >= 11 is 6.13. The van der Waals surface area contributed by atoms with E-state index in [9.17, 15) is 4.79 Å².